The molecule has 0 spiro atoms. The van der Waals surface area contributed by atoms with E-state index in [4.69, 9.17) is 29.6 Å². The van der Waals surface area contributed by atoms with Crippen LogP contribution in [0.15, 0.2) is 41.8 Å². The Bertz CT molecular complexity index is 1570. The first kappa shape index (κ1) is 30.5. The number of nitrogens with one attached hydrogen (secondary N) is 2. The van der Waals surface area contributed by atoms with E-state index in [1.165, 1.54) is 26.2 Å². The molecule has 2 aliphatic heterocycles. The van der Waals surface area contributed by atoms with Crippen LogP contribution in [0, 0.1) is 13.8 Å². The molecule has 0 amide bonds. The molecule has 6 atom stereocenters. The fourth-order valence-electron chi connectivity index (χ4n) is 4.41. The average Bonchev–Trinajstić information content (AvgIpc) is 3.50. The van der Waals surface area contributed by atoms with Crippen LogP contribution < -0.4 is 22.5 Å². The SMILES string of the molecule is Cc1cn([C@H]2C[C@H](N=[N+]=[N-])[C@@H](COP(=O)([Se])OC[C@H]3O[C@@H](n4cc(C)c(=O)[nH]c4=O)C[C@@H]3N=[N+]=[N-])O2)c(=O)[nH]c1=O. The van der Waals surface area contributed by atoms with Gasteiger partial charge in [0.05, 0.1) is 0 Å². The first-order chi connectivity index (χ1) is 19.4. The van der Waals surface area contributed by atoms with Crippen LogP contribution in [0.4, 0.5) is 0 Å². The van der Waals surface area contributed by atoms with Gasteiger partial charge < -0.3 is 0 Å². The minimum absolute atomic E-state index is 0.0802. The molecule has 19 nitrogen and oxygen atoms in total. The molecular formula is C20H24N10O9PSe. The molecule has 2 fully saturated rings. The van der Waals surface area contributed by atoms with Crippen LogP contribution in [0.5, 0.6) is 0 Å². The average molecular weight is 658 g/mol. The van der Waals surface area contributed by atoms with E-state index in [1.54, 1.807) is 0 Å². The monoisotopic (exact) mass is 659 g/mol. The van der Waals surface area contributed by atoms with Crippen molar-refractivity contribution in [2.24, 2.45) is 10.2 Å². The molecule has 0 bridgehead atoms. The molecule has 41 heavy (non-hydrogen) atoms. The van der Waals surface area contributed by atoms with Crippen molar-refractivity contribution in [1.29, 1.82) is 0 Å². The van der Waals surface area contributed by atoms with Gasteiger partial charge in [-0.1, -0.05) is 0 Å². The fraction of sp³-hybridized carbons (Fsp3) is 0.600. The van der Waals surface area contributed by atoms with Crippen molar-refractivity contribution in [3.05, 3.63) is 86.1 Å². The van der Waals surface area contributed by atoms with Crippen molar-refractivity contribution in [3.63, 3.8) is 0 Å². The number of aryl methyl sites for hydroxylation is 2. The van der Waals surface area contributed by atoms with E-state index in [9.17, 15) is 23.7 Å². The molecule has 0 unspecified atom stereocenters. The summed E-state index contributed by atoms with van der Waals surface area (Å²) < 4.78 is 37.9. The number of hydrogen-bond donors (Lipinski definition) is 2. The molecule has 219 valence electrons. The number of nitrogens with zero attached hydrogens (tertiary/aromatic N) is 8. The van der Waals surface area contributed by atoms with Crippen LogP contribution >= 0.6 is 6.29 Å². The molecular weight excluding hydrogens is 634 g/mol. The second-order valence-corrected chi connectivity index (χ2v) is 13.5. The van der Waals surface area contributed by atoms with Gasteiger partial charge >= 0.3 is 237 Å². The van der Waals surface area contributed by atoms with Crippen LogP contribution in [0.1, 0.15) is 36.4 Å². The van der Waals surface area contributed by atoms with Gasteiger partial charge in [-0.05, 0) is 0 Å². The molecule has 2 N–H and O–H groups in total. The van der Waals surface area contributed by atoms with Crippen LogP contribution in [0.25, 0.3) is 20.9 Å². The predicted octanol–water partition coefficient (Wildman–Crippen LogP) is 0.946. The minimum atomic E-state index is -3.91. The van der Waals surface area contributed by atoms with E-state index in [2.05, 4.69) is 45.6 Å². The van der Waals surface area contributed by atoms with E-state index in [0.717, 1.165) is 9.13 Å². The number of H-pyrrole nitrogens is 2. The third-order valence-electron chi connectivity index (χ3n) is 6.51. The fourth-order valence-corrected chi connectivity index (χ4v) is 5.91. The maximum absolute atomic E-state index is 13.0. The van der Waals surface area contributed by atoms with Crippen molar-refractivity contribution < 1.29 is 23.1 Å². The summed E-state index contributed by atoms with van der Waals surface area (Å²) in [6.07, 6.45) is -4.72. The first-order valence-corrected chi connectivity index (χ1v) is 15.8. The van der Waals surface area contributed by atoms with Crippen molar-refractivity contribution in [3.8, 4) is 0 Å². The number of hydrogen-bond acceptors (Lipinski definition) is 11. The van der Waals surface area contributed by atoms with Crippen molar-refractivity contribution in [2.75, 3.05) is 13.2 Å². The van der Waals surface area contributed by atoms with Crippen molar-refractivity contribution in [2.45, 2.75) is 63.4 Å². The molecule has 0 aromatic carbocycles. The Morgan fingerprint density at radius 1 is 0.902 bits per heavy atom. The summed E-state index contributed by atoms with van der Waals surface area (Å²) in [7, 11) is 0. The Hall–Kier alpha value is -3.43. The summed E-state index contributed by atoms with van der Waals surface area (Å²) >= 11 is 2.33. The molecule has 2 aliphatic rings. The van der Waals surface area contributed by atoms with Gasteiger partial charge in [0.15, 0.2) is 0 Å². The Morgan fingerprint density at radius 3 is 1.66 bits per heavy atom. The summed E-state index contributed by atoms with van der Waals surface area (Å²) in [6.45, 7) is 2.31. The molecule has 4 rings (SSSR count). The van der Waals surface area contributed by atoms with E-state index >= 15 is 0 Å². The molecule has 21 heteroatoms. The third kappa shape index (κ3) is 7.08. The molecule has 2 aromatic rings. The Morgan fingerprint density at radius 2 is 1.29 bits per heavy atom. The van der Waals surface area contributed by atoms with Gasteiger partial charge in [-0.3, -0.25) is 0 Å². The number of ether oxygens (including phenoxy) is 2. The Kier molecular flexibility index (Phi) is 9.39. The summed E-state index contributed by atoms with van der Waals surface area (Å²) in [6, 6.07) is -1.59. The molecule has 2 saturated heterocycles. The van der Waals surface area contributed by atoms with Gasteiger partial charge in [-0.2, -0.15) is 0 Å². The zero-order valence-corrected chi connectivity index (χ0v) is 24.2. The quantitative estimate of drug-likeness (QED) is 0.121. The van der Waals surface area contributed by atoms with Crippen LogP contribution in [0.2, 0.25) is 0 Å². The standard InChI is InChI=1S/C20H24N10O9PSe/c1-9-5-29(19(33)23-17(9)31)15-3-11(25-27-21)13(38-15)7-36-40(35,41)37-8-14-12(26-28-22)4-16(39-14)30-6-10(2)18(32)24-20(30)34/h5-6,11-16H,3-4,7-8H2,1-2H3,(H,23,31,33)(H,24,32,34)/t11-,12-,13+,14+,15+,16+/m0/s1. The normalized spacial score (nSPS) is 27.1. The third-order valence-corrected chi connectivity index (χ3v) is 8.77. The van der Waals surface area contributed by atoms with Crippen molar-refractivity contribution >= 4 is 21.9 Å². The molecule has 0 aliphatic carbocycles. The summed E-state index contributed by atoms with van der Waals surface area (Å²) in [4.78, 5) is 57.8. The zero-order valence-electron chi connectivity index (χ0n) is 21.6. The summed E-state index contributed by atoms with van der Waals surface area (Å²) in [5.74, 6) is 0. The second-order valence-electron chi connectivity index (χ2n) is 9.27. The van der Waals surface area contributed by atoms with Crippen LogP contribution in [-0.2, 0) is 23.1 Å². The molecule has 4 heterocycles. The van der Waals surface area contributed by atoms with Gasteiger partial charge in [0.2, 0.25) is 0 Å². The summed E-state index contributed by atoms with van der Waals surface area (Å²) in [5.41, 5.74) is 15.9. The number of azide groups is 2. The molecule has 0 saturated carbocycles. The van der Waals surface area contributed by atoms with Crippen molar-refractivity contribution in [1.82, 2.24) is 19.1 Å². The van der Waals surface area contributed by atoms with Gasteiger partial charge in [0.1, 0.15) is 0 Å². The van der Waals surface area contributed by atoms with E-state index in [0.29, 0.717) is 0 Å². The van der Waals surface area contributed by atoms with Gasteiger partial charge in [-0.25, -0.2) is 0 Å². The van der Waals surface area contributed by atoms with Gasteiger partial charge in [0, 0.05) is 0 Å². The van der Waals surface area contributed by atoms with Crippen LogP contribution in [-0.4, -0.2) is 72.2 Å². The zero-order chi connectivity index (χ0) is 29.9. The van der Waals surface area contributed by atoms with E-state index in [1.807, 2.05) is 0 Å². The molecule has 1 radical (unpaired) electrons. The number of rotatable bonds is 10. The second kappa shape index (κ2) is 12.6. The molecule has 2 aromatic heterocycles. The van der Waals surface area contributed by atoms with E-state index in [-0.39, 0.29) is 37.2 Å². The summed E-state index contributed by atoms with van der Waals surface area (Å²) in [5, 5.41) is 7.35. The Balaban J connectivity index is 1.40. The van der Waals surface area contributed by atoms with Crippen LogP contribution in [0.3, 0.4) is 0 Å². The predicted molar refractivity (Wildman–Crippen MR) is 140 cm³/mol. The van der Waals surface area contributed by atoms with Gasteiger partial charge in [0.25, 0.3) is 0 Å². The van der Waals surface area contributed by atoms with E-state index < -0.39 is 65.5 Å². The number of aromatic amines is 2. The first-order valence-electron chi connectivity index (χ1n) is 12.1. The van der Waals surface area contributed by atoms with Gasteiger partial charge in [-0.15, -0.1) is 0 Å². The Labute approximate surface area is 237 Å². The topological polar surface area (TPSA) is 261 Å². The number of aromatic nitrogens is 4. The maximum atomic E-state index is 13.0.